The van der Waals surface area contributed by atoms with Gasteiger partial charge in [-0.15, -0.1) is 0 Å². The van der Waals surface area contributed by atoms with Crippen molar-refractivity contribution in [3.63, 3.8) is 0 Å². The SMILES string of the molecule is CC(C)(C)OC(=O)[C@H]1CCN(S(=O)(=O)c2cccc(C#N)c2)C1. The van der Waals surface area contributed by atoms with Crippen molar-refractivity contribution in [3.8, 4) is 6.07 Å². The maximum atomic E-state index is 12.6. The van der Waals surface area contributed by atoms with Gasteiger partial charge in [-0.05, 0) is 45.4 Å². The number of carbonyl (C=O) groups excluding carboxylic acids is 1. The molecule has 0 unspecified atom stereocenters. The van der Waals surface area contributed by atoms with Crippen molar-refractivity contribution in [3.05, 3.63) is 29.8 Å². The molecule has 1 saturated heterocycles. The Bertz CT molecular complexity index is 744. The lowest BCUT2D eigenvalue weighted by molar-refractivity contribution is -0.159. The first-order chi connectivity index (χ1) is 10.6. The Hall–Kier alpha value is -1.91. The summed E-state index contributed by atoms with van der Waals surface area (Å²) in [5.74, 6) is -0.830. The molecule has 1 aliphatic rings. The minimum atomic E-state index is -3.71. The zero-order chi connectivity index (χ0) is 17.3. The van der Waals surface area contributed by atoms with Gasteiger partial charge in [0.1, 0.15) is 5.60 Å². The molecule has 0 saturated carbocycles. The molecule has 1 atom stereocenters. The first kappa shape index (κ1) is 17.4. The number of benzene rings is 1. The molecule has 0 aliphatic carbocycles. The van der Waals surface area contributed by atoms with Gasteiger partial charge in [-0.1, -0.05) is 6.07 Å². The van der Waals surface area contributed by atoms with E-state index in [1.54, 1.807) is 26.8 Å². The topological polar surface area (TPSA) is 87.5 Å². The van der Waals surface area contributed by atoms with Gasteiger partial charge in [0.25, 0.3) is 0 Å². The molecule has 124 valence electrons. The zero-order valence-electron chi connectivity index (χ0n) is 13.4. The lowest BCUT2D eigenvalue weighted by atomic mass is 10.1. The molecule has 1 fully saturated rings. The predicted octanol–water partition coefficient (Wildman–Crippen LogP) is 1.91. The van der Waals surface area contributed by atoms with Crippen LogP contribution in [0.5, 0.6) is 0 Å². The van der Waals surface area contributed by atoms with Gasteiger partial charge in [0.15, 0.2) is 0 Å². The Morgan fingerprint density at radius 2 is 2.09 bits per heavy atom. The molecule has 2 rings (SSSR count). The number of carbonyl (C=O) groups is 1. The fourth-order valence-corrected chi connectivity index (χ4v) is 3.95. The number of rotatable bonds is 3. The van der Waals surface area contributed by atoms with E-state index in [0.717, 1.165) is 0 Å². The van der Waals surface area contributed by atoms with E-state index in [9.17, 15) is 13.2 Å². The average molecular weight is 336 g/mol. The molecule has 6 nitrogen and oxygen atoms in total. The lowest BCUT2D eigenvalue weighted by Crippen LogP contribution is -2.33. The Balaban J connectivity index is 2.14. The van der Waals surface area contributed by atoms with Crippen LogP contribution >= 0.6 is 0 Å². The zero-order valence-corrected chi connectivity index (χ0v) is 14.3. The van der Waals surface area contributed by atoms with Crippen LogP contribution in [0.2, 0.25) is 0 Å². The Kier molecular flexibility index (Phi) is 4.78. The normalized spacial score (nSPS) is 19.3. The van der Waals surface area contributed by atoms with Crippen LogP contribution < -0.4 is 0 Å². The van der Waals surface area contributed by atoms with E-state index in [4.69, 9.17) is 10.00 Å². The van der Waals surface area contributed by atoms with Gasteiger partial charge in [0.05, 0.1) is 22.4 Å². The van der Waals surface area contributed by atoms with E-state index in [2.05, 4.69) is 0 Å². The molecule has 1 heterocycles. The second kappa shape index (κ2) is 6.30. The van der Waals surface area contributed by atoms with Crippen LogP contribution in [-0.2, 0) is 19.6 Å². The quantitative estimate of drug-likeness (QED) is 0.787. The molecular weight excluding hydrogens is 316 g/mol. The number of nitrogens with zero attached hydrogens (tertiary/aromatic N) is 2. The molecule has 7 heteroatoms. The molecular formula is C16H20N2O4S. The third kappa shape index (κ3) is 4.09. The number of sulfonamides is 1. The summed E-state index contributed by atoms with van der Waals surface area (Å²) in [6.45, 7) is 5.71. The number of hydrogen-bond donors (Lipinski definition) is 0. The summed E-state index contributed by atoms with van der Waals surface area (Å²) in [7, 11) is -3.71. The molecule has 1 aliphatic heterocycles. The van der Waals surface area contributed by atoms with Gasteiger partial charge in [-0.3, -0.25) is 4.79 Å². The maximum Gasteiger partial charge on any atom is 0.310 e. The van der Waals surface area contributed by atoms with Gasteiger partial charge in [0, 0.05) is 13.1 Å². The van der Waals surface area contributed by atoms with E-state index < -0.39 is 21.5 Å². The second-order valence-corrected chi connectivity index (χ2v) is 8.46. The third-order valence-electron chi connectivity index (χ3n) is 3.49. The van der Waals surface area contributed by atoms with Crippen LogP contribution in [0, 0.1) is 17.2 Å². The summed E-state index contributed by atoms with van der Waals surface area (Å²) >= 11 is 0. The van der Waals surface area contributed by atoms with Gasteiger partial charge in [0.2, 0.25) is 10.0 Å². The highest BCUT2D eigenvalue weighted by atomic mass is 32.2. The molecule has 0 bridgehead atoms. The van der Waals surface area contributed by atoms with Gasteiger partial charge >= 0.3 is 5.97 Å². The summed E-state index contributed by atoms with van der Waals surface area (Å²) < 4.78 is 31.8. The van der Waals surface area contributed by atoms with Crippen LogP contribution in [0.1, 0.15) is 32.8 Å². The van der Waals surface area contributed by atoms with Gasteiger partial charge in [-0.2, -0.15) is 9.57 Å². The highest BCUT2D eigenvalue weighted by Crippen LogP contribution is 2.26. The molecule has 0 amide bonds. The van der Waals surface area contributed by atoms with Crippen molar-refractivity contribution in [1.29, 1.82) is 5.26 Å². The predicted molar refractivity (Wildman–Crippen MR) is 83.9 cm³/mol. The second-order valence-electron chi connectivity index (χ2n) is 6.52. The average Bonchev–Trinajstić information content (AvgIpc) is 2.96. The maximum absolute atomic E-state index is 12.6. The van der Waals surface area contributed by atoms with Gasteiger partial charge < -0.3 is 4.74 Å². The van der Waals surface area contributed by atoms with Crippen molar-refractivity contribution >= 4 is 16.0 Å². The molecule has 0 radical (unpaired) electrons. The molecule has 0 aromatic heterocycles. The smallest absolute Gasteiger partial charge is 0.310 e. The van der Waals surface area contributed by atoms with Crippen molar-refractivity contribution in [2.75, 3.05) is 13.1 Å². The first-order valence-electron chi connectivity index (χ1n) is 7.37. The Labute approximate surface area is 136 Å². The van der Waals surface area contributed by atoms with E-state index >= 15 is 0 Å². The molecule has 23 heavy (non-hydrogen) atoms. The molecule has 1 aromatic carbocycles. The van der Waals surface area contributed by atoms with Crippen LogP contribution in [-0.4, -0.2) is 37.4 Å². The van der Waals surface area contributed by atoms with Crippen molar-refractivity contribution in [2.24, 2.45) is 5.92 Å². The van der Waals surface area contributed by atoms with Crippen LogP contribution in [0.4, 0.5) is 0 Å². The highest BCUT2D eigenvalue weighted by Gasteiger charge is 2.37. The lowest BCUT2D eigenvalue weighted by Gasteiger charge is -2.22. The standard InChI is InChI=1S/C16H20N2O4S/c1-16(2,3)22-15(19)13-7-8-18(11-13)23(20,21)14-6-4-5-12(9-14)10-17/h4-6,9,13H,7-8,11H2,1-3H3/t13-/m0/s1. The summed E-state index contributed by atoms with van der Waals surface area (Å²) in [4.78, 5) is 12.2. The van der Waals surface area contributed by atoms with Crippen molar-refractivity contribution in [1.82, 2.24) is 4.31 Å². The van der Waals surface area contributed by atoms with Crippen molar-refractivity contribution < 1.29 is 17.9 Å². The van der Waals surface area contributed by atoms with Crippen LogP contribution in [0.25, 0.3) is 0 Å². The number of esters is 1. The largest absolute Gasteiger partial charge is 0.460 e. The minimum absolute atomic E-state index is 0.0707. The minimum Gasteiger partial charge on any atom is -0.460 e. The Morgan fingerprint density at radius 3 is 2.70 bits per heavy atom. The fourth-order valence-electron chi connectivity index (χ4n) is 2.40. The van der Waals surface area contributed by atoms with Crippen molar-refractivity contribution in [2.45, 2.75) is 37.7 Å². The van der Waals surface area contributed by atoms with E-state index in [1.165, 1.54) is 22.5 Å². The summed E-state index contributed by atoms with van der Waals surface area (Å²) in [6, 6.07) is 7.81. The van der Waals surface area contributed by atoms with Crippen LogP contribution in [0.3, 0.4) is 0 Å². The summed E-state index contributed by atoms with van der Waals surface area (Å²) in [6.07, 6.45) is 0.437. The van der Waals surface area contributed by atoms with E-state index in [1.807, 2.05) is 6.07 Å². The first-order valence-corrected chi connectivity index (χ1v) is 8.81. The monoisotopic (exact) mass is 336 g/mol. The number of hydrogen-bond acceptors (Lipinski definition) is 5. The van der Waals surface area contributed by atoms with Crippen LogP contribution in [0.15, 0.2) is 29.2 Å². The number of ether oxygens (including phenoxy) is 1. The number of nitriles is 1. The summed E-state index contributed by atoms with van der Waals surface area (Å²) in [5, 5.41) is 8.90. The van der Waals surface area contributed by atoms with E-state index in [0.29, 0.717) is 6.42 Å². The fraction of sp³-hybridized carbons (Fsp3) is 0.500. The van der Waals surface area contributed by atoms with Gasteiger partial charge in [-0.25, -0.2) is 8.42 Å². The molecule has 0 spiro atoms. The molecule has 1 aromatic rings. The molecule has 0 N–H and O–H groups in total. The Morgan fingerprint density at radius 1 is 1.39 bits per heavy atom. The highest BCUT2D eigenvalue weighted by molar-refractivity contribution is 7.89. The summed E-state index contributed by atoms with van der Waals surface area (Å²) in [5.41, 5.74) is -0.307. The third-order valence-corrected chi connectivity index (χ3v) is 5.35. The van der Waals surface area contributed by atoms with E-state index in [-0.39, 0.29) is 29.5 Å².